The number of furan rings is 1. The van der Waals surface area contributed by atoms with Crippen LogP contribution >= 0.6 is 0 Å². The molecule has 0 saturated heterocycles. The summed E-state index contributed by atoms with van der Waals surface area (Å²) in [5, 5.41) is 8.65. The molecule has 0 bridgehead atoms. The monoisotopic (exact) mass is 257 g/mol. The lowest BCUT2D eigenvalue weighted by atomic mass is 10.3. The van der Waals surface area contributed by atoms with Crippen molar-refractivity contribution >= 4 is 11.5 Å². The van der Waals surface area contributed by atoms with Gasteiger partial charge in [0, 0.05) is 7.05 Å². The van der Waals surface area contributed by atoms with Gasteiger partial charge >= 0.3 is 0 Å². The summed E-state index contributed by atoms with van der Waals surface area (Å²) in [6.45, 7) is 4.55. The first-order chi connectivity index (χ1) is 9.13. The van der Waals surface area contributed by atoms with Crippen LogP contribution in [0.2, 0.25) is 0 Å². The van der Waals surface area contributed by atoms with E-state index in [9.17, 15) is 0 Å². The van der Waals surface area contributed by atoms with Gasteiger partial charge < -0.3 is 9.32 Å². The molecule has 0 aliphatic carbocycles. The molecular formula is C13H15N5O. The Kier molecular flexibility index (Phi) is 2.70. The molecule has 6 nitrogen and oxygen atoms in total. The van der Waals surface area contributed by atoms with E-state index in [0.717, 1.165) is 22.8 Å². The number of aryl methyl sites for hydroxylation is 2. The molecule has 0 N–H and O–H groups in total. The van der Waals surface area contributed by atoms with E-state index >= 15 is 0 Å². The predicted octanol–water partition coefficient (Wildman–Crippen LogP) is 1.97. The van der Waals surface area contributed by atoms with E-state index in [1.54, 1.807) is 10.9 Å². The van der Waals surface area contributed by atoms with Crippen molar-refractivity contribution in [2.24, 2.45) is 0 Å². The lowest BCUT2D eigenvalue weighted by molar-refractivity contribution is 0.503. The number of hydrogen-bond acceptors (Lipinski definition) is 5. The van der Waals surface area contributed by atoms with Crippen LogP contribution in [0.5, 0.6) is 0 Å². The Morgan fingerprint density at radius 2 is 2.05 bits per heavy atom. The van der Waals surface area contributed by atoms with Crippen molar-refractivity contribution in [1.29, 1.82) is 0 Å². The van der Waals surface area contributed by atoms with Crippen molar-refractivity contribution < 1.29 is 4.42 Å². The first-order valence-electron chi connectivity index (χ1n) is 6.08. The molecule has 0 aromatic carbocycles. The largest absolute Gasteiger partial charge is 0.467 e. The summed E-state index contributed by atoms with van der Waals surface area (Å²) in [7, 11) is 1.97. The first-order valence-corrected chi connectivity index (χ1v) is 6.08. The van der Waals surface area contributed by atoms with E-state index in [0.29, 0.717) is 12.4 Å². The fourth-order valence-corrected chi connectivity index (χ4v) is 1.94. The lowest BCUT2D eigenvalue weighted by Gasteiger charge is -2.16. The Morgan fingerprint density at radius 1 is 1.21 bits per heavy atom. The predicted molar refractivity (Wildman–Crippen MR) is 71.1 cm³/mol. The van der Waals surface area contributed by atoms with Gasteiger partial charge in [0.05, 0.1) is 12.8 Å². The maximum absolute atomic E-state index is 5.44. The second kappa shape index (κ2) is 4.38. The summed E-state index contributed by atoms with van der Waals surface area (Å²) >= 11 is 0. The zero-order valence-corrected chi connectivity index (χ0v) is 11.2. The van der Waals surface area contributed by atoms with E-state index in [1.807, 2.05) is 44.0 Å². The summed E-state index contributed by atoms with van der Waals surface area (Å²) in [6.07, 6.45) is 1.70. The van der Waals surface area contributed by atoms with E-state index in [1.165, 1.54) is 0 Å². The van der Waals surface area contributed by atoms with Crippen molar-refractivity contribution in [2.75, 3.05) is 11.9 Å². The molecule has 0 atom stereocenters. The quantitative estimate of drug-likeness (QED) is 0.718. The van der Waals surface area contributed by atoms with Crippen molar-refractivity contribution in [3.8, 4) is 0 Å². The summed E-state index contributed by atoms with van der Waals surface area (Å²) in [6, 6.07) is 5.80. The highest BCUT2D eigenvalue weighted by Gasteiger charge is 2.10. The molecule has 0 radical (unpaired) electrons. The molecule has 19 heavy (non-hydrogen) atoms. The second-order valence-electron chi connectivity index (χ2n) is 4.58. The van der Waals surface area contributed by atoms with Crippen molar-refractivity contribution in [3.63, 3.8) is 0 Å². The SMILES string of the molecule is Cc1nc2ccc(N(C)Cc3occc3C)nn2n1. The van der Waals surface area contributed by atoms with Crippen molar-refractivity contribution in [3.05, 3.63) is 41.6 Å². The number of anilines is 1. The van der Waals surface area contributed by atoms with Gasteiger partial charge in [0.15, 0.2) is 11.5 Å². The number of fused-ring (bicyclic) bond motifs is 1. The highest BCUT2D eigenvalue weighted by molar-refractivity contribution is 5.45. The molecule has 0 spiro atoms. The van der Waals surface area contributed by atoms with Crippen molar-refractivity contribution in [1.82, 2.24) is 19.8 Å². The van der Waals surface area contributed by atoms with Gasteiger partial charge in [0.2, 0.25) is 0 Å². The standard InChI is InChI=1S/C13H15N5O/c1-9-6-7-19-11(9)8-17(3)13-5-4-12-14-10(2)15-18(12)16-13/h4-7H,8H2,1-3H3. The number of nitrogens with zero attached hydrogens (tertiary/aromatic N) is 5. The zero-order chi connectivity index (χ0) is 13.4. The Labute approximate surface area is 110 Å². The highest BCUT2D eigenvalue weighted by Crippen LogP contribution is 2.16. The van der Waals surface area contributed by atoms with Gasteiger partial charge in [0.1, 0.15) is 11.6 Å². The molecule has 0 saturated carbocycles. The van der Waals surface area contributed by atoms with E-state index in [-0.39, 0.29) is 0 Å². The van der Waals surface area contributed by atoms with Gasteiger partial charge in [-0.25, -0.2) is 4.98 Å². The third kappa shape index (κ3) is 2.16. The van der Waals surface area contributed by atoms with Crippen LogP contribution in [0.1, 0.15) is 17.1 Å². The Bertz CT molecular complexity index is 715. The number of hydrogen-bond donors (Lipinski definition) is 0. The molecule has 0 aliphatic rings. The molecular weight excluding hydrogens is 242 g/mol. The van der Waals surface area contributed by atoms with E-state index < -0.39 is 0 Å². The maximum atomic E-state index is 5.44. The minimum absolute atomic E-state index is 0.672. The highest BCUT2D eigenvalue weighted by atomic mass is 16.3. The molecule has 3 aromatic heterocycles. The van der Waals surface area contributed by atoms with Crippen LogP contribution in [0, 0.1) is 13.8 Å². The second-order valence-corrected chi connectivity index (χ2v) is 4.58. The third-order valence-electron chi connectivity index (χ3n) is 3.04. The van der Waals surface area contributed by atoms with Gasteiger partial charge in [-0.05, 0) is 37.6 Å². The summed E-state index contributed by atoms with van der Waals surface area (Å²) < 4.78 is 7.00. The van der Waals surface area contributed by atoms with Crippen LogP contribution < -0.4 is 4.90 Å². The minimum Gasteiger partial charge on any atom is -0.467 e. The van der Waals surface area contributed by atoms with Crippen LogP contribution in [0.25, 0.3) is 5.65 Å². The fourth-order valence-electron chi connectivity index (χ4n) is 1.94. The smallest absolute Gasteiger partial charge is 0.176 e. The molecule has 98 valence electrons. The third-order valence-corrected chi connectivity index (χ3v) is 3.04. The molecule has 3 heterocycles. The summed E-state index contributed by atoms with van der Waals surface area (Å²) in [5.74, 6) is 2.49. The van der Waals surface area contributed by atoms with E-state index in [4.69, 9.17) is 4.42 Å². The van der Waals surface area contributed by atoms with Gasteiger partial charge in [0.25, 0.3) is 0 Å². The average Bonchev–Trinajstić information content (AvgIpc) is 2.93. The van der Waals surface area contributed by atoms with Crippen LogP contribution in [0.4, 0.5) is 5.82 Å². The molecule has 0 amide bonds. The zero-order valence-electron chi connectivity index (χ0n) is 11.2. The molecule has 3 aromatic rings. The minimum atomic E-state index is 0.672. The molecule has 0 unspecified atom stereocenters. The fraction of sp³-hybridized carbons (Fsp3) is 0.308. The van der Waals surface area contributed by atoms with Crippen LogP contribution in [0.3, 0.4) is 0 Å². The Morgan fingerprint density at radius 3 is 2.79 bits per heavy atom. The molecule has 0 fully saturated rings. The van der Waals surface area contributed by atoms with Gasteiger partial charge in [-0.3, -0.25) is 0 Å². The molecule has 0 aliphatic heterocycles. The Hall–Kier alpha value is -2.37. The normalized spacial score (nSPS) is 11.1. The van der Waals surface area contributed by atoms with E-state index in [2.05, 4.69) is 15.2 Å². The summed E-state index contributed by atoms with van der Waals surface area (Å²) in [5.41, 5.74) is 1.90. The van der Waals surface area contributed by atoms with Gasteiger partial charge in [-0.15, -0.1) is 14.8 Å². The van der Waals surface area contributed by atoms with Crippen molar-refractivity contribution in [2.45, 2.75) is 20.4 Å². The van der Waals surface area contributed by atoms with Crippen LogP contribution in [-0.4, -0.2) is 26.9 Å². The van der Waals surface area contributed by atoms with Gasteiger partial charge in [-0.2, -0.15) is 0 Å². The Balaban J connectivity index is 1.88. The molecule has 6 heteroatoms. The number of rotatable bonds is 3. The van der Waals surface area contributed by atoms with Crippen LogP contribution in [0.15, 0.2) is 28.9 Å². The van der Waals surface area contributed by atoms with Crippen LogP contribution in [-0.2, 0) is 6.54 Å². The maximum Gasteiger partial charge on any atom is 0.176 e. The average molecular weight is 257 g/mol. The number of aromatic nitrogens is 4. The topological polar surface area (TPSA) is 59.5 Å². The first kappa shape index (κ1) is 11.7. The summed E-state index contributed by atoms with van der Waals surface area (Å²) in [4.78, 5) is 6.27. The lowest BCUT2D eigenvalue weighted by Crippen LogP contribution is -2.19. The molecule has 3 rings (SSSR count). The van der Waals surface area contributed by atoms with Gasteiger partial charge in [-0.1, -0.05) is 0 Å².